The highest BCUT2D eigenvalue weighted by molar-refractivity contribution is 7.22. The summed E-state index contributed by atoms with van der Waals surface area (Å²) in [6.07, 6.45) is 0. The highest BCUT2D eigenvalue weighted by atomic mass is 32.1. The molecule has 0 atom stereocenters. The zero-order valence-electron chi connectivity index (χ0n) is 12.8. The van der Waals surface area contributed by atoms with Crippen LogP contribution >= 0.6 is 11.3 Å². The molecule has 0 saturated heterocycles. The zero-order chi connectivity index (χ0) is 17.1. The zero-order valence-corrected chi connectivity index (χ0v) is 13.6. The number of carbonyl (C=O) groups is 1. The van der Waals surface area contributed by atoms with E-state index in [0.29, 0.717) is 5.13 Å². The van der Waals surface area contributed by atoms with E-state index in [-0.39, 0.29) is 13.2 Å². The summed E-state index contributed by atoms with van der Waals surface area (Å²) in [6, 6.07) is 10.7. The van der Waals surface area contributed by atoms with Crippen molar-refractivity contribution in [1.29, 1.82) is 0 Å². The molecule has 124 valence electrons. The van der Waals surface area contributed by atoms with Crippen molar-refractivity contribution in [3.63, 3.8) is 0 Å². The fourth-order valence-corrected chi connectivity index (χ4v) is 3.27. The Morgan fingerprint density at radius 2 is 1.88 bits per heavy atom. The molecule has 0 aliphatic carbocycles. The number of amides is 1. The Bertz CT molecular complexity index is 829. The monoisotopic (exact) mass is 348 g/mol. The molecule has 3 rings (SSSR count). The van der Waals surface area contributed by atoms with Crippen LogP contribution in [0.3, 0.4) is 0 Å². The first-order valence-electron chi connectivity index (χ1n) is 7.22. The molecule has 0 aliphatic heterocycles. The first kappa shape index (κ1) is 16.5. The van der Waals surface area contributed by atoms with Crippen LogP contribution in [0.15, 0.2) is 42.5 Å². The van der Waals surface area contributed by atoms with Crippen LogP contribution in [0.25, 0.3) is 10.2 Å². The summed E-state index contributed by atoms with van der Waals surface area (Å²) in [5, 5.41) is 0.376. The average molecular weight is 348 g/mol. The van der Waals surface area contributed by atoms with Crippen LogP contribution < -0.4 is 4.90 Å². The first-order chi connectivity index (χ1) is 11.6. The molecule has 0 aliphatic rings. The number of aromatic nitrogens is 1. The summed E-state index contributed by atoms with van der Waals surface area (Å²) < 4.78 is 33.8. The highest BCUT2D eigenvalue weighted by Gasteiger charge is 2.26. The minimum absolute atomic E-state index is 0.142. The molecule has 1 aromatic heterocycles. The molecule has 3 aromatic rings. The van der Waals surface area contributed by atoms with Crippen molar-refractivity contribution < 1.29 is 18.3 Å². The number of para-hydroxylation sites is 1. The van der Waals surface area contributed by atoms with E-state index in [0.717, 1.165) is 22.3 Å². The third-order valence-electron chi connectivity index (χ3n) is 3.45. The van der Waals surface area contributed by atoms with Crippen LogP contribution in [0.5, 0.6) is 0 Å². The van der Waals surface area contributed by atoms with Gasteiger partial charge in [0.25, 0.3) is 5.91 Å². The van der Waals surface area contributed by atoms with Crippen molar-refractivity contribution in [2.45, 2.75) is 0 Å². The number of benzene rings is 2. The standard InChI is InChI=1S/C17H14F2N2O2S/c1-23-10-9-21(16(22)15-11(18)5-4-6-12(15)19)17-20-13-7-2-3-8-14(13)24-17/h2-8H,9-10H2,1H3. The van der Waals surface area contributed by atoms with E-state index in [1.54, 1.807) is 0 Å². The SMILES string of the molecule is COCCN(C(=O)c1c(F)cccc1F)c1nc2ccccc2s1. The Morgan fingerprint density at radius 1 is 1.17 bits per heavy atom. The Balaban J connectivity index is 2.04. The van der Waals surface area contributed by atoms with Gasteiger partial charge >= 0.3 is 0 Å². The number of halogens is 2. The molecule has 1 amide bonds. The summed E-state index contributed by atoms with van der Waals surface area (Å²) in [7, 11) is 1.49. The number of carbonyl (C=O) groups excluding carboxylic acids is 1. The van der Waals surface area contributed by atoms with Crippen molar-refractivity contribution in [2.75, 3.05) is 25.2 Å². The van der Waals surface area contributed by atoms with Gasteiger partial charge < -0.3 is 4.74 Å². The first-order valence-corrected chi connectivity index (χ1v) is 8.04. The quantitative estimate of drug-likeness (QED) is 0.703. The van der Waals surface area contributed by atoms with Crippen LogP contribution in [0, 0.1) is 11.6 Å². The molecule has 1 heterocycles. The van der Waals surface area contributed by atoms with Crippen LogP contribution in [0.2, 0.25) is 0 Å². The topological polar surface area (TPSA) is 42.4 Å². The van der Waals surface area contributed by atoms with Gasteiger partial charge in [-0.15, -0.1) is 0 Å². The van der Waals surface area contributed by atoms with Gasteiger partial charge in [-0.3, -0.25) is 9.69 Å². The predicted molar refractivity (Wildman–Crippen MR) is 89.5 cm³/mol. The number of thiazole rings is 1. The molecule has 0 fully saturated rings. The number of methoxy groups -OCH3 is 1. The number of hydrogen-bond acceptors (Lipinski definition) is 4. The van der Waals surface area contributed by atoms with Gasteiger partial charge in [0.2, 0.25) is 0 Å². The largest absolute Gasteiger partial charge is 0.383 e. The second-order valence-corrected chi connectivity index (χ2v) is 6.02. The van der Waals surface area contributed by atoms with Crippen molar-refractivity contribution in [2.24, 2.45) is 0 Å². The Labute approximate surface area is 141 Å². The molecule has 0 saturated carbocycles. The normalized spacial score (nSPS) is 11.0. The minimum atomic E-state index is -0.900. The molecular weight excluding hydrogens is 334 g/mol. The molecular formula is C17H14F2N2O2S. The van der Waals surface area contributed by atoms with Crippen LogP contribution in [0.4, 0.5) is 13.9 Å². The summed E-state index contributed by atoms with van der Waals surface area (Å²) in [4.78, 5) is 18.4. The molecule has 2 aromatic carbocycles. The maximum absolute atomic E-state index is 14.0. The van der Waals surface area contributed by atoms with E-state index in [4.69, 9.17) is 4.74 Å². The van der Waals surface area contributed by atoms with E-state index < -0.39 is 23.1 Å². The summed E-state index contributed by atoms with van der Waals surface area (Å²) in [5.74, 6) is -2.58. The van der Waals surface area contributed by atoms with Crippen LogP contribution in [0.1, 0.15) is 10.4 Å². The van der Waals surface area contributed by atoms with Gasteiger partial charge in [0.05, 0.1) is 23.4 Å². The molecule has 0 N–H and O–H groups in total. The van der Waals surface area contributed by atoms with Crippen molar-refractivity contribution >= 4 is 32.6 Å². The molecule has 0 unspecified atom stereocenters. The minimum Gasteiger partial charge on any atom is -0.383 e. The van der Waals surface area contributed by atoms with Crippen molar-refractivity contribution in [3.05, 3.63) is 59.7 Å². The number of anilines is 1. The predicted octanol–water partition coefficient (Wildman–Crippen LogP) is 3.87. The molecule has 0 spiro atoms. The number of fused-ring (bicyclic) bond motifs is 1. The van der Waals surface area contributed by atoms with E-state index in [2.05, 4.69) is 4.98 Å². The molecule has 4 nitrogen and oxygen atoms in total. The summed E-state index contributed by atoms with van der Waals surface area (Å²) >= 11 is 1.28. The number of nitrogens with zero attached hydrogens (tertiary/aromatic N) is 2. The summed E-state index contributed by atoms with van der Waals surface area (Å²) in [5.41, 5.74) is 0.134. The lowest BCUT2D eigenvalue weighted by atomic mass is 10.1. The van der Waals surface area contributed by atoms with Gasteiger partial charge in [0.1, 0.15) is 17.2 Å². The number of rotatable bonds is 5. The Kier molecular flexibility index (Phi) is 4.82. The van der Waals surface area contributed by atoms with Crippen molar-refractivity contribution in [3.8, 4) is 0 Å². The van der Waals surface area contributed by atoms with E-state index in [9.17, 15) is 13.6 Å². The lowest BCUT2D eigenvalue weighted by molar-refractivity contribution is 0.0968. The molecule has 24 heavy (non-hydrogen) atoms. The lowest BCUT2D eigenvalue weighted by Gasteiger charge is -2.20. The Hall–Kier alpha value is -2.38. The summed E-state index contributed by atoms with van der Waals surface area (Å²) in [6.45, 7) is 0.362. The Morgan fingerprint density at radius 3 is 2.54 bits per heavy atom. The van der Waals surface area contributed by atoms with Gasteiger partial charge in [-0.25, -0.2) is 13.8 Å². The lowest BCUT2D eigenvalue weighted by Crippen LogP contribution is -2.35. The van der Waals surface area contributed by atoms with Gasteiger partial charge in [-0.05, 0) is 24.3 Å². The highest BCUT2D eigenvalue weighted by Crippen LogP contribution is 2.30. The fraction of sp³-hybridized carbons (Fsp3) is 0.176. The van der Waals surface area contributed by atoms with Crippen LogP contribution in [-0.4, -0.2) is 31.2 Å². The van der Waals surface area contributed by atoms with Crippen molar-refractivity contribution in [1.82, 2.24) is 4.98 Å². The number of ether oxygens (including phenoxy) is 1. The van der Waals surface area contributed by atoms with E-state index in [1.165, 1.54) is 29.4 Å². The second kappa shape index (κ2) is 7.02. The molecule has 0 radical (unpaired) electrons. The third-order valence-corrected chi connectivity index (χ3v) is 4.51. The maximum Gasteiger partial charge on any atom is 0.266 e. The van der Waals surface area contributed by atoms with Gasteiger partial charge in [-0.1, -0.05) is 29.5 Å². The number of hydrogen-bond donors (Lipinski definition) is 0. The smallest absolute Gasteiger partial charge is 0.266 e. The van der Waals surface area contributed by atoms with Gasteiger partial charge in [0, 0.05) is 7.11 Å². The van der Waals surface area contributed by atoms with Crippen LogP contribution in [-0.2, 0) is 4.74 Å². The van der Waals surface area contributed by atoms with E-state index >= 15 is 0 Å². The van der Waals surface area contributed by atoms with E-state index in [1.807, 2.05) is 24.3 Å². The third kappa shape index (κ3) is 3.13. The maximum atomic E-state index is 14.0. The second-order valence-electron chi connectivity index (χ2n) is 5.01. The van der Waals surface area contributed by atoms with Gasteiger partial charge in [0.15, 0.2) is 5.13 Å². The molecule has 7 heteroatoms. The molecule has 0 bridgehead atoms. The fourth-order valence-electron chi connectivity index (χ4n) is 2.28. The average Bonchev–Trinajstić information content (AvgIpc) is 2.98. The van der Waals surface area contributed by atoms with Gasteiger partial charge in [-0.2, -0.15) is 0 Å².